The summed E-state index contributed by atoms with van der Waals surface area (Å²) in [6.07, 6.45) is 2.84. The highest BCUT2D eigenvalue weighted by Crippen LogP contribution is 2.26. The molecule has 1 saturated heterocycles. The summed E-state index contributed by atoms with van der Waals surface area (Å²) in [5.41, 5.74) is 0. The van der Waals surface area contributed by atoms with Crippen LogP contribution in [0.2, 0.25) is 0 Å². The third-order valence-corrected chi connectivity index (χ3v) is 5.41. The second-order valence-electron chi connectivity index (χ2n) is 5.94. The summed E-state index contributed by atoms with van der Waals surface area (Å²) in [6, 6.07) is 4.60. The summed E-state index contributed by atoms with van der Waals surface area (Å²) in [7, 11) is 3.63. The molecule has 0 spiro atoms. The molecule has 1 N–H and O–H groups in total. The van der Waals surface area contributed by atoms with Crippen LogP contribution in [0.15, 0.2) is 17.5 Å². The van der Waals surface area contributed by atoms with Crippen molar-refractivity contribution in [2.45, 2.75) is 38.3 Å². The number of esters is 1. The van der Waals surface area contributed by atoms with Gasteiger partial charge < -0.3 is 15.0 Å². The molecule has 0 aliphatic carbocycles. The molecule has 118 valence electrons. The third-order valence-electron chi connectivity index (χ3n) is 4.42. The summed E-state index contributed by atoms with van der Waals surface area (Å²) in [6.45, 7) is 4.57. The maximum absolute atomic E-state index is 11.7. The Morgan fingerprint density at radius 2 is 2.24 bits per heavy atom. The first-order valence-corrected chi connectivity index (χ1v) is 8.53. The summed E-state index contributed by atoms with van der Waals surface area (Å²) >= 11 is 1.69. The van der Waals surface area contributed by atoms with Gasteiger partial charge in [0.2, 0.25) is 0 Å². The monoisotopic (exact) mass is 310 g/mol. The molecule has 0 amide bonds. The molecule has 1 aromatic rings. The van der Waals surface area contributed by atoms with Crippen molar-refractivity contribution < 1.29 is 9.53 Å². The fraction of sp³-hybridized carbons (Fsp3) is 0.688. The van der Waals surface area contributed by atoms with Crippen LogP contribution in [-0.4, -0.2) is 44.2 Å². The Morgan fingerprint density at radius 3 is 2.81 bits per heavy atom. The zero-order chi connectivity index (χ0) is 15.2. The van der Waals surface area contributed by atoms with Crippen LogP contribution in [-0.2, 0) is 9.53 Å². The number of carbonyl (C=O) groups excluding carboxylic acids is 1. The smallest absolute Gasteiger partial charge is 0.307 e. The molecule has 1 aromatic heterocycles. The van der Waals surface area contributed by atoms with E-state index in [1.54, 1.807) is 11.3 Å². The predicted molar refractivity (Wildman–Crippen MR) is 86.5 cm³/mol. The lowest BCUT2D eigenvalue weighted by Gasteiger charge is -2.34. The topological polar surface area (TPSA) is 41.6 Å². The van der Waals surface area contributed by atoms with Crippen LogP contribution >= 0.6 is 11.3 Å². The maximum atomic E-state index is 11.7. The molecule has 0 aromatic carbocycles. The Bertz CT molecular complexity index is 427. The minimum absolute atomic E-state index is 0.0621. The minimum Gasteiger partial charge on any atom is -0.469 e. The van der Waals surface area contributed by atoms with Gasteiger partial charge in [-0.1, -0.05) is 6.07 Å². The van der Waals surface area contributed by atoms with Crippen LogP contribution in [0, 0.1) is 5.92 Å². The molecule has 2 rings (SSSR count). The van der Waals surface area contributed by atoms with Crippen LogP contribution in [0.1, 0.15) is 37.1 Å². The summed E-state index contributed by atoms with van der Waals surface area (Å²) in [5.74, 6) is 0.526. The average molecular weight is 310 g/mol. The number of carbonyl (C=O) groups is 1. The Labute approximate surface area is 131 Å². The van der Waals surface area contributed by atoms with Crippen molar-refractivity contribution in [1.29, 1.82) is 0 Å². The van der Waals surface area contributed by atoms with E-state index in [0.29, 0.717) is 18.4 Å². The molecule has 4 nitrogen and oxygen atoms in total. The van der Waals surface area contributed by atoms with Gasteiger partial charge in [0.05, 0.1) is 19.6 Å². The lowest BCUT2D eigenvalue weighted by atomic mass is 9.90. The number of hydrogen-bond acceptors (Lipinski definition) is 5. The van der Waals surface area contributed by atoms with E-state index in [-0.39, 0.29) is 12.0 Å². The van der Waals surface area contributed by atoms with Crippen molar-refractivity contribution >= 4 is 17.3 Å². The van der Waals surface area contributed by atoms with E-state index in [1.807, 2.05) is 6.07 Å². The van der Waals surface area contributed by atoms with E-state index >= 15 is 0 Å². The molecule has 1 fully saturated rings. The van der Waals surface area contributed by atoms with E-state index in [0.717, 1.165) is 13.1 Å². The molecule has 1 aliphatic rings. The zero-order valence-electron chi connectivity index (χ0n) is 13.2. The molecular formula is C16H26N2O2S. The molecule has 1 aliphatic heterocycles. The standard InChI is InChI=1S/C16H26N2O2S/c1-12(13-6-8-18(2)9-7-13)17-14(11-16(19)20-3)15-5-4-10-21-15/h4-5,10,12-14,17H,6-9,11H2,1-3H3. The second kappa shape index (κ2) is 7.92. The molecule has 2 atom stereocenters. The number of piperidine rings is 1. The van der Waals surface area contributed by atoms with Crippen molar-refractivity contribution in [1.82, 2.24) is 10.2 Å². The summed E-state index contributed by atoms with van der Waals surface area (Å²) in [4.78, 5) is 15.2. The molecule has 0 radical (unpaired) electrons. The maximum Gasteiger partial charge on any atom is 0.307 e. The first kappa shape index (κ1) is 16.5. The molecule has 0 saturated carbocycles. The number of hydrogen-bond donors (Lipinski definition) is 1. The number of nitrogens with one attached hydrogen (secondary N) is 1. The van der Waals surface area contributed by atoms with Crippen molar-refractivity contribution in [2.75, 3.05) is 27.2 Å². The fourth-order valence-electron chi connectivity index (χ4n) is 2.96. The van der Waals surface area contributed by atoms with E-state index in [4.69, 9.17) is 4.74 Å². The minimum atomic E-state index is -0.156. The van der Waals surface area contributed by atoms with Gasteiger partial charge in [-0.2, -0.15) is 0 Å². The SMILES string of the molecule is COC(=O)CC(NC(C)C1CCN(C)CC1)c1cccs1. The number of likely N-dealkylation sites (tertiary alicyclic amines) is 1. The number of methoxy groups -OCH3 is 1. The Kier molecular flexibility index (Phi) is 6.21. The number of rotatable bonds is 6. The Morgan fingerprint density at radius 1 is 1.52 bits per heavy atom. The van der Waals surface area contributed by atoms with Gasteiger partial charge in [0.25, 0.3) is 0 Å². The van der Waals surface area contributed by atoms with Crippen LogP contribution in [0.4, 0.5) is 0 Å². The molecule has 5 heteroatoms. The first-order chi connectivity index (χ1) is 10.1. The van der Waals surface area contributed by atoms with Gasteiger partial charge >= 0.3 is 5.97 Å². The zero-order valence-corrected chi connectivity index (χ0v) is 14.0. The highest BCUT2D eigenvalue weighted by Gasteiger charge is 2.26. The Balaban J connectivity index is 1.96. The van der Waals surface area contributed by atoms with E-state index in [2.05, 4.69) is 35.6 Å². The highest BCUT2D eigenvalue weighted by molar-refractivity contribution is 7.10. The molecule has 2 unspecified atom stereocenters. The van der Waals surface area contributed by atoms with Gasteiger partial charge in [-0.15, -0.1) is 11.3 Å². The van der Waals surface area contributed by atoms with E-state index in [9.17, 15) is 4.79 Å². The van der Waals surface area contributed by atoms with Crippen molar-refractivity contribution in [3.8, 4) is 0 Å². The first-order valence-electron chi connectivity index (χ1n) is 7.65. The van der Waals surface area contributed by atoms with Gasteiger partial charge in [-0.25, -0.2) is 0 Å². The van der Waals surface area contributed by atoms with Crippen LogP contribution < -0.4 is 5.32 Å². The Hall–Kier alpha value is -0.910. The average Bonchev–Trinajstić information content (AvgIpc) is 3.01. The van der Waals surface area contributed by atoms with E-state index in [1.165, 1.54) is 24.8 Å². The predicted octanol–water partition coefficient (Wildman–Crippen LogP) is 2.67. The van der Waals surface area contributed by atoms with Crippen LogP contribution in [0.25, 0.3) is 0 Å². The summed E-state index contributed by atoms with van der Waals surface area (Å²) in [5, 5.41) is 5.72. The van der Waals surface area contributed by atoms with Crippen LogP contribution in [0.3, 0.4) is 0 Å². The van der Waals surface area contributed by atoms with Crippen molar-refractivity contribution in [2.24, 2.45) is 5.92 Å². The third kappa shape index (κ3) is 4.80. The van der Waals surface area contributed by atoms with Crippen molar-refractivity contribution in [3.63, 3.8) is 0 Å². The lowest BCUT2D eigenvalue weighted by Crippen LogP contribution is -2.42. The van der Waals surface area contributed by atoms with Gasteiger partial charge in [0.1, 0.15) is 0 Å². The van der Waals surface area contributed by atoms with Gasteiger partial charge in [-0.05, 0) is 57.3 Å². The number of ether oxygens (including phenoxy) is 1. The van der Waals surface area contributed by atoms with Gasteiger partial charge in [0, 0.05) is 10.9 Å². The molecule has 2 heterocycles. The molecular weight excluding hydrogens is 284 g/mol. The molecule has 21 heavy (non-hydrogen) atoms. The molecule has 0 bridgehead atoms. The quantitative estimate of drug-likeness (QED) is 0.820. The van der Waals surface area contributed by atoms with Gasteiger partial charge in [0.15, 0.2) is 0 Å². The van der Waals surface area contributed by atoms with Gasteiger partial charge in [-0.3, -0.25) is 4.79 Å². The highest BCUT2D eigenvalue weighted by atomic mass is 32.1. The largest absolute Gasteiger partial charge is 0.469 e. The number of nitrogens with zero attached hydrogens (tertiary/aromatic N) is 1. The van der Waals surface area contributed by atoms with Crippen LogP contribution in [0.5, 0.6) is 0 Å². The summed E-state index contributed by atoms with van der Waals surface area (Å²) < 4.78 is 4.84. The number of thiophene rings is 1. The van der Waals surface area contributed by atoms with Crippen molar-refractivity contribution in [3.05, 3.63) is 22.4 Å². The lowest BCUT2D eigenvalue weighted by molar-refractivity contribution is -0.141. The fourth-order valence-corrected chi connectivity index (χ4v) is 3.75. The normalized spacial score (nSPS) is 20.1. The second-order valence-corrected chi connectivity index (χ2v) is 6.92. The van der Waals surface area contributed by atoms with E-state index < -0.39 is 0 Å².